The molecule has 0 saturated heterocycles. The first-order chi connectivity index (χ1) is 8.08. The average Bonchev–Trinajstić information content (AvgIpc) is 2.86. The van der Waals surface area contributed by atoms with Crippen molar-refractivity contribution in [2.24, 2.45) is 11.8 Å². The molecule has 1 aromatic rings. The maximum atomic E-state index is 10.6. The second-order valence-corrected chi connectivity index (χ2v) is 6.04. The van der Waals surface area contributed by atoms with Crippen LogP contribution in [0.15, 0.2) is 12.1 Å². The van der Waals surface area contributed by atoms with Gasteiger partial charge in [0.2, 0.25) is 0 Å². The minimum absolute atomic E-state index is 0.231. The lowest BCUT2D eigenvalue weighted by atomic mass is 9.98. The van der Waals surface area contributed by atoms with Crippen molar-refractivity contribution in [1.82, 2.24) is 5.32 Å². The van der Waals surface area contributed by atoms with E-state index in [9.17, 15) is 10.1 Å². The Morgan fingerprint density at radius 3 is 2.76 bits per heavy atom. The highest BCUT2D eigenvalue weighted by Gasteiger charge is 2.29. The van der Waals surface area contributed by atoms with Crippen LogP contribution < -0.4 is 5.32 Å². The zero-order chi connectivity index (χ0) is 12.4. The molecule has 3 atom stereocenters. The van der Waals surface area contributed by atoms with Gasteiger partial charge < -0.3 is 5.32 Å². The predicted molar refractivity (Wildman–Crippen MR) is 69.2 cm³/mol. The molecule has 0 amide bonds. The molecule has 1 N–H and O–H groups in total. The second kappa shape index (κ2) is 5.14. The Balaban J connectivity index is 1.87. The monoisotopic (exact) mass is 254 g/mol. The van der Waals surface area contributed by atoms with Crippen molar-refractivity contribution >= 4 is 16.3 Å². The fraction of sp³-hybridized carbons (Fsp3) is 0.667. The number of hydrogen-bond donors (Lipinski definition) is 1. The minimum atomic E-state index is -0.325. The van der Waals surface area contributed by atoms with Gasteiger partial charge in [0, 0.05) is 23.5 Å². The lowest BCUT2D eigenvalue weighted by Gasteiger charge is -2.19. The Morgan fingerprint density at radius 2 is 2.24 bits per heavy atom. The van der Waals surface area contributed by atoms with E-state index in [2.05, 4.69) is 19.2 Å². The zero-order valence-electron chi connectivity index (χ0n) is 10.2. The van der Waals surface area contributed by atoms with Crippen molar-refractivity contribution in [3.05, 3.63) is 27.1 Å². The van der Waals surface area contributed by atoms with Gasteiger partial charge in [-0.25, -0.2) is 0 Å². The van der Waals surface area contributed by atoms with Crippen LogP contribution in [-0.4, -0.2) is 11.0 Å². The van der Waals surface area contributed by atoms with E-state index >= 15 is 0 Å². The van der Waals surface area contributed by atoms with Gasteiger partial charge in [-0.2, -0.15) is 0 Å². The Bertz CT molecular complexity index is 405. The molecule has 0 aromatic carbocycles. The zero-order valence-corrected chi connectivity index (χ0v) is 11.0. The van der Waals surface area contributed by atoms with Gasteiger partial charge in [0.25, 0.3) is 0 Å². The molecule has 5 heteroatoms. The summed E-state index contributed by atoms with van der Waals surface area (Å²) in [5.74, 6) is 1.48. The van der Waals surface area contributed by atoms with E-state index < -0.39 is 0 Å². The van der Waals surface area contributed by atoms with Gasteiger partial charge in [0.15, 0.2) is 0 Å². The fourth-order valence-electron chi connectivity index (χ4n) is 2.44. The largest absolute Gasteiger partial charge is 0.324 e. The maximum Gasteiger partial charge on any atom is 0.324 e. The van der Waals surface area contributed by atoms with Crippen molar-refractivity contribution in [3.8, 4) is 0 Å². The molecule has 0 aliphatic heterocycles. The summed E-state index contributed by atoms with van der Waals surface area (Å²) < 4.78 is 0. The van der Waals surface area contributed by atoms with Crippen LogP contribution in [0.3, 0.4) is 0 Å². The van der Waals surface area contributed by atoms with E-state index in [4.69, 9.17) is 0 Å². The highest BCUT2D eigenvalue weighted by atomic mass is 32.1. The average molecular weight is 254 g/mol. The van der Waals surface area contributed by atoms with E-state index in [-0.39, 0.29) is 9.92 Å². The first-order valence-electron chi connectivity index (χ1n) is 6.04. The number of nitro groups is 1. The maximum absolute atomic E-state index is 10.6. The number of rotatable bonds is 4. The predicted octanol–water partition coefficient (Wildman–Crippen LogP) is 3.18. The van der Waals surface area contributed by atoms with E-state index in [1.165, 1.54) is 24.2 Å². The van der Waals surface area contributed by atoms with Gasteiger partial charge in [-0.15, -0.1) is 0 Å². The number of hydrogen-bond acceptors (Lipinski definition) is 4. The summed E-state index contributed by atoms with van der Waals surface area (Å²) in [6, 6.07) is 3.99. The van der Waals surface area contributed by atoms with Crippen molar-refractivity contribution < 1.29 is 4.92 Å². The van der Waals surface area contributed by atoms with Crippen molar-refractivity contribution in [2.45, 2.75) is 39.3 Å². The molecule has 0 bridgehead atoms. The molecule has 17 heavy (non-hydrogen) atoms. The summed E-state index contributed by atoms with van der Waals surface area (Å²) in [6.45, 7) is 5.33. The van der Waals surface area contributed by atoms with Crippen LogP contribution in [-0.2, 0) is 6.54 Å². The molecule has 1 aliphatic rings. The third-order valence-corrected chi connectivity index (χ3v) is 4.87. The van der Waals surface area contributed by atoms with Crippen LogP contribution in [0.25, 0.3) is 0 Å². The molecule has 1 heterocycles. The molecule has 1 aliphatic carbocycles. The number of nitrogens with zero attached hydrogens (tertiary/aromatic N) is 1. The third-order valence-electron chi connectivity index (χ3n) is 3.83. The van der Waals surface area contributed by atoms with Crippen molar-refractivity contribution in [1.29, 1.82) is 0 Å². The Morgan fingerprint density at radius 1 is 1.47 bits per heavy atom. The van der Waals surface area contributed by atoms with Gasteiger partial charge in [-0.05, 0) is 30.7 Å². The normalized spacial score (nSPS) is 28.5. The quantitative estimate of drug-likeness (QED) is 0.663. The minimum Gasteiger partial charge on any atom is -0.309 e. The summed E-state index contributed by atoms with van der Waals surface area (Å²) in [5, 5.41) is 14.3. The summed E-state index contributed by atoms with van der Waals surface area (Å²) in [6.07, 6.45) is 2.50. The van der Waals surface area contributed by atoms with Gasteiger partial charge in [-0.3, -0.25) is 10.1 Å². The lowest BCUT2D eigenvalue weighted by Crippen LogP contribution is -2.31. The highest BCUT2D eigenvalue weighted by Crippen LogP contribution is 2.31. The van der Waals surface area contributed by atoms with Gasteiger partial charge in [0.05, 0.1) is 4.92 Å². The smallest absolute Gasteiger partial charge is 0.309 e. The standard InChI is InChI=1S/C12H18N2O2S/c1-8-3-5-11(9(8)2)13-7-10-4-6-12(17-10)14(15)16/h4,6,8-9,11,13H,3,5,7H2,1-2H3. The van der Waals surface area contributed by atoms with Crippen LogP contribution in [0.1, 0.15) is 31.6 Å². The van der Waals surface area contributed by atoms with E-state index in [0.717, 1.165) is 17.3 Å². The van der Waals surface area contributed by atoms with Gasteiger partial charge >= 0.3 is 5.00 Å². The van der Waals surface area contributed by atoms with Crippen molar-refractivity contribution in [2.75, 3.05) is 0 Å². The Labute approximate surface area is 105 Å². The lowest BCUT2D eigenvalue weighted by molar-refractivity contribution is -0.380. The Kier molecular flexibility index (Phi) is 3.79. The number of thiophene rings is 1. The molecular formula is C12H18N2O2S. The molecule has 4 nitrogen and oxygen atoms in total. The van der Waals surface area contributed by atoms with E-state index in [0.29, 0.717) is 12.0 Å². The summed E-state index contributed by atoms with van der Waals surface area (Å²) in [4.78, 5) is 11.3. The molecular weight excluding hydrogens is 236 g/mol. The molecule has 94 valence electrons. The van der Waals surface area contributed by atoms with Crippen LogP contribution in [0, 0.1) is 22.0 Å². The van der Waals surface area contributed by atoms with Gasteiger partial charge in [0.1, 0.15) is 0 Å². The highest BCUT2D eigenvalue weighted by molar-refractivity contribution is 7.15. The van der Waals surface area contributed by atoms with Crippen LogP contribution >= 0.6 is 11.3 Å². The first-order valence-corrected chi connectivity index (χ1v) is 6.86. The van der Waals surface area contributed by atoms with E-state index in [1.54, 1.807) is 6.07 Å². The molecule has 1 saturated carbocycles. The first kappa shape index (κ1) is 12.5. The van der Waals surface area contributed by atoms with Crippen molar-refractivity contribution in [3.63, 3.8) is 0 Å². The SMILES string of the molecule is CC1CCC(NCc2ccc([N+](=O)[O-])s2)C1C. The third kappa shape index (κ3) is 2.84. The molecule has 0 radical (unpaired) electrons. The van der Waals surface area contributed by atoms with Crippen LogP contribution in [0.4, 0.5) is 5.00 Å². The topological polar surface area (TPSA) is 55.2 Å². The van der Waals surface area contributed by atoms with Gasteiger partial charge in [-0.1, -0.05) is 25.2 Å². The Hall–Kier alpha value is -0.940. The molecule has 1 fully saturated rings. The molecule has 1 aromatic heterocycles. The molecule has 3 unspecified atom stereocenters. The summed E-state index contributed by atoms with van der Waals surface area (Å²) in [7, 11) is 0. The van der Waals surface area contributed by atoms with Crippen LogP contribution in [0.2, 0.25) is 0 Å². The molecule has 0 spiro atoms. The van der Waals surface area contributed by atoms with Crippen LogP contribution in [0.5, 0.6) is 0 Å². The summed E-state index contributed by atoms with van der Waals surface area (Å²) in [5.41, 5.74) is 0. The number of nitrogens with one attached hydrogen (secondary N) is 1. The van der Waals surface area contributed by atoms with E-state index in [1.807, 2.05) is 6.07 Å². The fourth-order valence-corrected chi connectivity index (χ4v) is 3.22. The summed E-state index contributed by atoms with van der Waals surface area (Å²) >= 11 is 1.26. The second-order valence-electron chi connectivity index (χ2n) is 4.90. The molecule has 2 rings (SSSR count).